The lowest BCUT2D eigenvalue weighted by Crippen LogP contribution is -2.48. The molecule has 4 nitrogen and oxygen atoms in total. The van der Waals surface area contributed by atoms with Crippen LogP contribution < -0.4 is 0 Å². The molecule has 0 aliphatic carbocycles. The third kappa shape index (κ3) is 3.48. The van der Waals surface area contributed by atoms with Gasteiger partial charge in [0, 0.05) is 26.2 Å². The number of rotatable bonds is 5. The van der Waals surface area contributed by atoms with E-state index >= 15 is 0 Å². The molecule has 0 saturated carbocycles. The zero-order chi connectivity index (χ0) is 13.9. The Morgan fingerprint density at radius 3 is 2.74 bits per heavy atom. The molecule has 0 bridgehead atoms. The average Bonchev–Trinajstić information content (AvgIpc) is 2.83. The van der Waals surface area contributed by atoms with Gasteiger partial charge in [-0.25, -0.2) is 0 Å². The summed E-state index contributed by atoms with van der Waals surface area (Å²) < 4.78 is 17.2. The predicted octanol–water partition coefficient (Wildman–Crippen LogP) is 1.99. The molecule has 2 heterocycles. The molecule has 2 aliphatic rings. The Kier molecular flexibility index (Phi) is 5.23. The van der Waals surface area contributed by atoms with E-state index in [-0.39, 0.29) is 17.6 Å². The molecule has 1 N–H and O–H groups in total. The Morgan fingerprint density at radius 2 is 2.16 bits per heavy atom. The van der Waals surface area contributed by atoms with Gasteiger partial charge in [0.05, 0.1) is 24.4 Å². The number of ether oxygens (including phenoxy) is 3. The van der Waals surface area contributed by atoms with Gasteiger partial charge in [-0.05, 0) is 31.6 Å². The van der Waals surface area contributed by atoms with Gasteiger partial charge in [0.25, 0.3) is 0 Å². The van der Waals surface area contributed by atoms with Gasteiger partial charge < -0.3 is 19.3 Å². The highest BCUT2D eigenvalue weighted by atomic mass is 16.6. The van der Waals surface area contributed by atoms with Crippen LogP contribution in [0.5, 0.6) is 0 Å². The molecule has 4 atom stereocenters. The summed E-state index contributed by atoms with van der Waals surface area (Å²) in [7, 11) is 0. The number of aliphatic hydroxyl groups excluding tert-OH is 1. The largest absolute Gasteiger partial charge is 0.390 e. The number of aliphatic hydroxyl groups is 1. The van der Waals surface area contributed by atoms with Crippen molar-refractivity contribution in [2.75, 3.05) is 26.4 Å². The fraction of sp³-hybridized carbons (Fsp3) is 1.00. The normalized spacial score (nSPS) is 34.9. The first-order valence-electron chi connectivity index (χ1n) is 7.59. The van der Waals surface area contributed by atoms with Crippen molar-refractivity contribution in [1.29, 1.82) is 0 Å². The van der Waals surface area contributed by atoms with E-state index in [1.54, 1.807) is 0 Å². The average molecular weight is 272 g/mol. The van der Waals surface area contributed by atoms with Crippen molar-refractivity contribution in [3.8, 4) is 0 Å². The van der Waals surface area contributed by atoms with Crippen LogP contribution in [0.1, 0.15) is 40.0 Å². The first-order valence-corrected chi connectivity index (χ1v) is 7.59. The van der Waals surface area contributed by atoms with Crippen LogP contribution in [0.15, 0.2) is 0 Å². The molecular weight excluding hydrogens is 244 g/mol. The van der Waals surface area contributed by atoms with Crippen LogP contribution in [-0.2, 0) is 14.2 Å². The Labute approximate surface area is 116 Å². The van der Waals surface area contributed by atoms with Crippen molar-refractivity contribution in [2.45, 2.75) is 57.8 Å². The smallest absolute Gasteiger partial charge is 0.0940 e. The Bertz CT molecular complexity index is 273. The zero-order valence-electron chi connectivity index (χ0n) is 12.4. The van der Waals surface area contributed by atoms with Gasteiger partial charge in [-0.15, -0.1) is 0 Å². The molecule has 19 heavy (non-hydrogen) atoms. The van der Waals surface area contributed by atoms with Gasteiger partial charge in [-0.2, -0.15) is 0 Å². The molecule has 1 spiro atoms. The van der Waals surface area contributed by atoms with Crippen LogP contribution in [0.4, 0.5) is 0 Å². The van der Waals surface area contributed by atoms with E-state index in [9.17, 15) is 5.11 Å². The van der Waals surface area contributed by atoms with E-state index in [4.69, 9.17) is 14.2 Å². The van der Waals surface area contributed by atoms with E-state index in [1.165, 1.54) is 0 Å². The van der Waals surface area contributed by atoms with Crippen molar-refractivity contribution < 1.29 is 19.3 Å². The molecule has 2 rings (SSSR count). The minimum absolute atomic E-state index is 0.0764. The molecule has 0 amide bonds. The molecule has 2 fully saturated rings. The third-order valence-electron chi connectivity index (χ3n) is 4.43. The highest BCUT2D eigenvalue weighted by Crippen LogP contribution is 2.38. The van der Waals surface area contributed by atoms with Gasteiger partial charge in [-0.1, -0.05) is 13.8 Å². The highest BCUT2D eigenvalue weighted by Gasteiger charge is 2.44. The molecule has 112 valence electrons. The quantitative estimate of drug-likeness (QED) is 0.831. The standard InChI is InChI=1S/C15H28O4/c1-4-18-14(11(2)3)13(16)12-5-7-19-15(9-12)6-8-17-10-15/h11-14,16H,4-10H2,1-3H3. The molecule has 4 unspecified atom stereocenters. The SMILES string of the molecule is CCOC(C(C)C)C(O)C1CCOC2(CCOC2)C1. The summed E-state index contributed by atoms with van der Waals surface area (Å²) in [6, 6.07) is 0. The minimum Gasteiger partial charge on any atom is -0.390 e. The van der Waals surface area contributed by atoms with Crippen molar-refractivity contribution in [2.24, 2.45) is 11.8 Å². The Hall–Kier alpha value is -0.160. The van der Waals surface area contributed by atoms with Crippen molar-refractivity contribution in [3.63, 3.8) is 0 Å². The van der Waals surface area contributed by atoms with Crippen molar-refractivity contribution in [1.82, 2.24) is 0 Å². The van der Waals surface area contributed by atoms with E-state index in [0.29, 0.717) is 19.1 Å². The van der Waals surface area contributed by atoms with Crippen molar-refractivity contribution >= 4 is 0 Å². The van der Waals surface area contributed by atoms with E-state index < -0.39 is 6.10 Å². The molecular formula is C15H28O4. The fourth-order valence-corrected chi connectivity index (χ4v) is 3.37. The summed E-state index contributed by atoms with van der Waals surface area (Å²) in [6.45, 7) is 9.03. The molecule has 0 radical (unpaired) electrons. The van der Waals surface area contributed by atoms with Crippen LogP contribution in [0, 0.1) is 11.8 Å². The number of hydrogen-bond donors (Lipinski definition) is 1. The maximum Gasteiger partial charge on any atom is 0.0940 e. The molecule has 0 aromatic rings. The van der Waals surface area contributed by atoms with Crippen LogP contribution in [-0.4, -0.2) is 49.3 Å². The summed E-state index contributed by atoms with van der Waals surface area (Å²) in [5.41, 5.74) is -0.141. The van der Waals surface area contributed by atoms with Gasteiger partial charge >= 0.3 is 0 Å². The van der Waals surface area contributed by atoms with Crippen LogP contribution >= 0.6 is 0 Å². The van der Waals surface area contributed by atoms with E-state index in [0.717, 1.165) is 32.5 Å². The maximum atomic E-state index is 10.7. The van der Waals surface area contributed by atoms with Crippen LogP contribution in [0.3, 0.4) is 0 Å². The first-order chi connectivity index (χ1) is 9.08. The summed E-state index contributed by atoms with van der Waals surface area (Å²) in [5, 5.41) is 10.7. The van der Waals surface area contributed by atoms with Gasteiger partial charge in [0.15, 0.2) is 0 Å². The molecule has 0 aromatic carbocycles. The second kappa shape index (κ2) is 6.53. The Balaban J connectivity index is 1.99. The maximum absolute atomic E-state index is 10.7. The van der Waals surface area contributed by atoms with Gasteiger partial charge in [-0.3, -0.25) is 0 Å². The zero-order valence-corrected chi connectivity index (χ0v) is 12.4. The molecule has 2 saturated heterocycles. The fourth-order valence-electron chi connectivity index (χ4n) is 3.37. The van der Waals surface area contributed by atoms with Crippen LogP contribution in [0.25, 0.3) is 0 Å². The van der Waals surface area contributed by atoms with E-state index in [1.807, 2.05) is 6.92 Å². The lowest BCUT2D eigenvalue weighted by atomic mass is 9.79. The summed E-state index contributed by atoms with van der Waals surface area (Å²) in [5.74, 6) is 0.586. The predicted molar refractivity (Wildman–Crippen MR) is 73.1 cm³/mol. The monoisotopic (exact) mass is 272 g/mol. The van der Waals surface area contributed by atoms with Gasteiger partial charge in [0.2, 0.25) is 0 Å². The van der Waals surface area contributed by atoms with Gasteiger partial charge in [0.1, 0.15) is 0 Å². The molecule has 0 aromatic heterocycles. The third-order valence-corrected chi connectivity index (χ3v) is 4.43. The Morgan fingerprint density at radius 1 is 1.37 bits per heavy atom. The lowest BCUT2D eigenvalue weighted by Gasteiger charge is -2.41. The number of hydrogen-bond acceptors (Lipinski definition) is 4. The summed E-state index contributed by atoms with van der Waals surface area (Å²) in [6.07, 6.45) is 2.29. The minimum atomic E-state index is -0.402. The second-order valence-corrected chi connectivity index (χ2v) is 6.24. The summed E-state index contributed by atoms with van der Waals surface area (Å²) in [4.78, 5) is 0. The molecule has 4 heteroatoms. The topological polar surface area (TPSA) is 47.9 Å². The first kappa shape index (κ1) is 15.2. The highest BCUT2D eigenvalue weighted by molar-refractivity contribution is 4.94. The summed E-state index contributed by atoms with van der Waals surface area (Å²) >= 11 is 0. The lowest BCUT2D eigenvalue weighted by molar-refractivity contribution is -0.145. The molecule has 2 aliphatic heterocycles. The van der Waals surface area contributed by atoms with Crippen molar-refractivity contribution in [3.05, 3.63) is 0 Å². The second-order valence-electron chi connectivity index (χ2n) is 6.24. The van der Waals surface area contributed by atoms with Crippen LogP contribution in [0.2, 0.25) is 0 Å². The van der Waals surface area contributed by atoms with E-state index in [2.05, 4.69) is 13.8 Å².